The van der Waals surface area contributed by atoms with Crippen molar-refractivity contribution in [1.29, 1.82) is 0 Å². The molecule has 0 aromatic carbocycles. The van der Waals surface area contributed by atoms with Gasteiger partial charge in [-0.05, 0) is 38.5 Å². The fraction of sp³-hybridized carbons (Fsp3) is 0.806. The number of aliphatic carboxylic acids is 1. The average molecular weight is 704 g/mol. The molecule has 0 aliphatic heterocycles. The van der Waals surface area contributed by atoms with Gasteiger partial charge >= 0.3 is 25.7 Å². The molecule has 48 heavy (non-hydrogen) atoms. The van der Waals surface area contributed by atoms with E-state index in [9.17, 15) is 23.8 Å². The SMILES string of the molecule is CCCC/C=C\C/C=C\CCCCCCCC(=O)OC(COC(=O)CCCCCCCCCCCC)COP(=O)(O)OCC(N)C(=O)O. The first kappa shape index (κ1) is 46.0. The topological polar surface area (TPSA) is 172 Å². The predicted octanol–water partition coefficient (Wildman–Crippen LogP) is 8.72. The van der Waals surface area contributed by atoms with Crippen LogP contribution in [0.3, 0.4) is 0 Å². The molecule has 0 amide bonds. The van der Waals surface area contributed by atoms with Crippen LogP contribution in [0.25, 0.3) is 0 Å². The Morgan fingerprint density at radius 2 is 1.12 bits per heavy atom. The number of phosphoric ester groups is 1. The molecule has 0 aliphatic carbocycles. The van der Waals surface area contributed by atoms with Crippen LogP contribution in [0.4, 0.5) is 0 Å². The van der Waals surface area contributed by atoms with Gasteiger partial charge in [0.1, 0.15) is 12.6 Å². The zero-order valence-corrected chi connectivity index (χ0v) is 30.7. The number of carboxylic acid groups (broad SMARTS) is 1. The second kappa shape index (κ2) is 32.2. The minimum absolute atomic E-state index is 0.147. The smallest absolute Gasteiger partial charge is 0.472 e. The van der Waals surface area contributed by atoms with Crippen molar-refractivity contribution in [3.05, 3.63) is 24.3 Å². The number of hydrogen-bond donors (Lipinski definition) is 3. The Labute approximate surface area is 290 Å². The second-order valence-corrected chi connectivity index (χ2v) is 13.8. The first-order valence-corrected chi connectivity index (χ1v) is 19.9. The molecule has 0 aromatic rings. The molecule has 0 fully saturated rings. The van der Waals surface area contributed by atoms with Crippen molar-refractivity contribution in [2.75, 3.05) is 19.8 Å². The van der Waals surface area contributed by atoms with Gasteiger partial charge in [-0.2, -0.15) is 0 Å². The fourth-order valence-corrected chi connectivity index (χ4v) is 5.50. The Morgan fingerprint density at radius 3 is 1.69 bits per heavy atom. The molecular formula is C36H66NO10P. The number of carbonyl (C=O) groups excluding carboxylic acids is 2. The van der Waals surface area contributed by atoms with E-state index in [1.165, 1.54) is 51.4 Å². The van der Waals surface area contributed by atoms with E-state index in [4.69, 9.17) is 24.8 Å². The molecule has 4 N–H and O–H groups in total. The van der Waals surface area contributed by atoms with Gasteiger partial charge in [-0.1, -0.05) is 128 Å². The Hall–Kier alpha value is -2.04. The highest BCUT2D eigenvalue weighted by Crippen LogP contribution is 2.43. The van der Waals surface area contributed by atoms with E-state index in [0.717, 1.165) is 64.2 Å². The monoisotopic (exact) mass is 703 g/mol. The third-order valence-corrected chi connectivity index (χ3v) is 8.65. The number of unbranched alkanes of at least 4 members (excludes halogenated alkanes) is 16. The second-order valence-electron chi connectivity index (χ2n) is 12.4. The van der Waals surface area contributed by atoms with E-state index < -0.39 is 51.1 Å². The van der Waals surface area contributed by atoms with Gasteiger partial charge in [-0.15, -0.1) is 0 Å². The molecule has 0 rings (SSSR count). The van der Waals surface area contributed by atoms with Crippen molar-refractivity contribution < 1.29 is 47.5 Å². The maximum absolute atomic E-state index is 12.5. The number of phosphoric acid groups is 1. The third kappa shape index (κ3) is 31.2. The van der Waals surface area contributed by atoms with E-state index in [-0.39, 0.29) is 19.4 Å². The minimum Gasteiger partial charge on any atom is -0.480 e. The molecule has 0 saturated carbocycles. The van der Waals surface area contributed by atoms with Crippen molar-refractivity contribution in [3.63, 3.8) is 0 Å². The van der Waals surface area contributed by atoms with Gasteiger partial charge in [-0.25, -0.2) is 4.57 Å². The number of allylic oxidation sites excluding steroid dienone is 4. The number of carboxylic acids is 1. The molecular weight excluding hydrogens is 637 g/mol. The maximum atomic E-state index is 12.5. The predicted molar refractivity (Wildman–Crippen MR) is 189 cm³/mol. The zero-order chi connectivity index (χ0) is 35.7. The lowest BCUT2D eigenvalue weighted by Crippen LogP contribution is -2.34. The summed E-state index contributed by atoms with van der Waals surface area (Å²) in [6, 6.07) is -1.52. The Kier molecular flexibility index (Phi) is 30.8. The molecule has 0 aliphatic rings. The quantitative estimate of drug-likeness (QED) is 0.0253. The molecule has 11 nitrogen and oxygen atoms in total. The zero-order valence-electron chi connectivity index (χ0n) is 29.8. The standard InChI is InChI=1S/C36H66NO10P/c1-3-5-7-9-11-13-15-16-17-18-20-22-24-26-28-35(39)47-32(30-45-48(42,43)46-31-33(37)36(40)41)29-44-34(38)27-25-23-21-19-14-12-10-8-6-4-2/h9,11,15-16,32-33H,3-8,10,12-14,17-31,37H2,1-2H3,(H,40,41)(H,42,43)/b11-9-,16-15-. The van der Waals surface area contributed by atoms with Crippen LogP contribution in [0.1, 0.15) is 155 Å². The van der Waals surface area contributed by atoms with E-state index in [2.05, 4.69) is 42.7 Å². The van der Waals surface area contributed by atoms with Crippen LogP contribution < -0.4 is 5.73 Å². The lowest BCUT2D eigenvalue weighted by molar-refractivity contribution is -0.161. The highest BCUT2D eigenvalue weighted by molar-refractivity contribution is 7.47. The van der Waals surface area contributed by atoms with E-state index in [1.807, 2.05) is 0 Å². The lowest BCUT2D eigenvalue weighted by atomic mass is 10.1. The summed E-state index contributed by atoms with van der Waals surface area (Å²) in [7, 11) is -4.71. The molecule has 0 bridgehead atoms. The Bertz CT molecular complexity index is 926. The summed E-state index contributed by atoms with van der Waals surface area (Å²) < 4.78 is 32.5. The molecule has 0 heterocycles. The highest BCUT2D eigenvalue weighted by atomic mass is 31.2. The molecule has 12 heteroatoms. The normalized spacial score (nSPS) is 14.2. The van der Waals surface area contributed by atoms with Gasteiger partial charge < -0.3 is 25.2 Å². The van der Waals surface area contributed by atoms with Crippen LogP contribution in [-0.2, 0) is 37.5 Å². The van der Waals surface area contributed by atoms with Crippen molar-refractivity contribution in [1.82, 2.24) is 0 Å². The molecule has 0 spiro atoms. The van der Waals surface area contributed by atoms with Gasteiger partial charge in [0.25, 0.3) is 0 Å². The lowest BCUT2D eigenvalue weighted by Gasteiger charge is -2.20. The van der Waals surface area contributed by atoms with Crippen LogP contribution in [0.2, 0.25) is 0 Å². The minimum atomic E-state index is -4.71. The Balaban J connectivity index is 4.49. The van der Waals surface area contributed by atoms with Crippen LogP contribution in [0, 0.1) is 0 Å². The third-order valence-electron chi connectivity index (χ3n) is 7.70. The largest absolute Gasteiger partial charge is 0.480 e. The van der Waals surface area contributed by atoms with Crippen LogP contribution in [0.5, 0.6) is 0 Å². The summed E-state index contributed by atoms with van der Waals surface area (Å²) in [4.78, 5) is 45.6. The van der Waals surface area contributed by atoms with E-state index in [0.29, 0.717) is 12.8 Å². The van der Waals surface area contributed by atoms with Gasteiger partial charge in [0.05, 0.1) is 13.2 Å². The first-order valence-electron chi connectivity index (χ1n) is 18.4. The van der Waals surface area contributed by atoms with E-state index in [1.54, 1.807) is 0 Å². The van der Waals surface area contributed by atoms with Crippen molar-refractivity contribution in [2.24, 2.45) is 5.73 Å². The summed E-state index contributed by atoms with van der Waals surface area (Å²) in [6.45, 7) is 2.70. The van der Waals surface area contributed by atoms with Gasteiger partial charge in [0, 0.05) is 12.8 Å². The number of esters is 2. The summed E-state index contributed by atoms with van der Waals surface area (Å²) in [6.07, 6.45) is 29.7. The molecule has 0 radical (unpaired) electrons. The van der Waals surface area contributed by atoms with Crippen LogP contribution >= 0.6 is 7.82 Å². The number of rotatable bonds is 34. The van der Waals surface area contributed by atoms with Crippen LogP contribution in [-0.4, -0.2) is 59.9 Å². The molecule has 280 valence electrons. The van der Waals surface area contributed by atoms with Crippen molar-refractivity contribution >= 4 is 25.7 Å². The first-order chi connectivity index (χ1) is 23.1. The molecule has 3 atom stereocenters. The molecule has 0 aromatic heterocycles. The average Bonchev–Trinajstić information content (AvgIpc) is 3.05. The number of ether oxygens (including phenoxy) is 2. The summed E-state index contributed by atoms with van der Waals surface area (Å²) in [5.41, 5.74) is 5.30. The number of hydrogen-bond acceptors (Lipinski definition) is 9. The fourth-order valence-electron chi connectivity index (χ4n) is 4.73. The van der Waals surface area contributed by atoms with Crippen LogP contribution in [0.15, 0.2) is 24.3 Å². The van der Waals surface area contributed by atoms with Crippen molar-refractivity contribution in [3.8, 4) is 0 Å². The molecule has 3 unspecified atom stereocenters. The number of carbonyl (C=O) groups is 3. The highest BCUT2D eigenvalue weighted by Gasteiger charge is 2.28. The molecule has 0 saturated heterocycles. The summed E-state index contributed by atoms with van der Waals surface area (Å²) in [5.74, 6) is -2.40. The number of nitrogens with two attached hydrogens (primary N) is 1. The van der Waals surface area contributed by atoms with E-state index >= 15 is 0 Å². The van der Waals surface area contributed by atoms with Gasteiger partial charge in [-0.3, -0.25) is 23.4 Å². The maximum Gasteiger partial charge on any atom is 0.472 e. The van der Waals surface area contributed by atoms with Gasteiger partial charge in [0.15, 0.2) is 6.10 Å². The van der Waals surface area contributed by atoms with Crippen molar-refractivity contribution in [2.45, 2.75) is 167 Å². The van der Waals surface area contributed by atoms with Gasteiger partial charge in [0.2, 0.25) is 0 Å². The summed E-state index contributed by atoms with van der Waals surface area (Å²) in [5, 5.41) is 8.84. The summed E-state index contributed by atoms with van der Waals surface area (Å²) >= 11 is 0. The Morgan fingerprint density at radius 1 is 0.646 bits per heavy atom.